The summed E-state index contributed by atoms with van der Waals surface area (Å²) in [5.74, 6) is -0.136. The molecular weight excluding hydrogens is 230 g/mol. The van der Waals surface area contributed by atoms with Gasteiger partial charge in [-0.05, 0) is 12.1 Å². The van der Waals surface area contributed by atoms with Crippen LogP contribution in [0.2, 0.25) is 5.02 Å². The van der Waals surface area contributed by atoms with Crippen molar-refractivity contribution in [1.82, 2.24) is 4.98 Å². The number of nitrogens with zero attached hydrogens (tertiary/aromatic N) is 2. The van der Waals surface area contributed by atoms with Gasteiger partial charge >= 0.3 is 0 Å². The topological polar surface area (TPSA) is 79.5 Å². The van der Waals surface area contributed by atoms with Gasteiger partial charge in [-0.1, -0.05) is 11.6 Å². The van der Waals surface area contributed by atoms with E-state index in [1.165, 1.54) is 0 Å². The van der Waals surface area contributed by atoms with E-state index < -0.39 is 11.5 Å². The minimum absolute atomic E-state index is 0.138. The third-order valence-corrected chi connectivity index (χ3v) is 3.04. The number of amides is 1. The van der Waals surface area contributed by atoms with Gasteiger partial charge in [0.2, 0.25) is 0 Å². The molecule has 5 nitrogen and oxygen atoms in total. The Morgan fingerprint density at radius 2 is 2.44 bits per heavy atom. The molecule has 1 fully saturated rings. The fraction of sp³-hybridized carbons (Fsp3) is 0.400. The predicted octanol–water partition coefficient (Wildman–Crippen LogP) is 0.161. The van der Waals surface area contributed by atoms with Crippen molar-refractivity contribution in [3.63, 3.8) is 0 Å². The second-order valence-electron chi connectivity index (χ2n) is 3.88. The number of β-amino-alcohol motifs (C(OH)–C–C–N with tert-alkyl or cyclic N) is 1. The molecule has 1 atom stereocenters. The summed E-state index contributed by atoms with van der Waals surface area (Å²) in [6, 6.07) is 3.44. The van der Waals surface area contributed by atoms with E-state index in [2.05, 4.69) is 4.98 Å². The zero-order valence-electron chi connectivity index (χ0n) is 8.56. The van der Waals surface area contributed by atoms with Crippen molar-refractivity contribution in [2.75, 3.05) is 18.0 Å². The first-order valence-corrected chi connectivity index (χ1v) is 5.28. The van der Waals surface area contributed by atoms with E-state index >= 15 is 0 Å². The molecule has 1 aliphatic rings. The van der Waals surface area contributed by atoms with E-state index in [-0.39, 0.29) is 6.54 Å². The van der Waals surface area contributed by atoms with E-state index in [1.807, 2.05) is 0 Å². The van der Waals surface area contributed by atoms with Crippen LogP contribution in [0.4, 0.5) is 5.82 Å². The SMILES string of the molecule is NC(=O)C1(O)CCN(c2ncccc2Cl)C1. The lowest BCUT2D eigenvalue weighted by Gasteiger charge is -2.21. The van der Waals surface area contributed by atoms with Crippen LogP contribution < -0.4 is 10.6 Å². The zero-order chi connectivity index (χ0) is 11.8. The third-order valence-electron chi connectivity index (χ3n) is 2.74. The number of aliphatic hydroxyl groups is 1. The number of halogens is 1. The van der Waals surface area contributed by atoms with Gasteiger partial charge in [0.15, 0.2) is 5.60 Å². The van der Waals surface area contributed by atoms with Gasteiger partial charge in [-0.15, -0.1) is 0 Å². The van der Waals surface area contributed by atoms with Crippen molar-refractivity contribution >= 4 is 23.3 Å². The average molecular weight is 242 g/mol. The molecule has 0 radical (unpaired) electrons. The monoisotopic (exact) mass is 241 g/mol. The molecule has 6 heteroatoms. The van der Waals surface area contributed by atoms with Gasteiger partial charge in [0.25, 0.3) is 5.91 Å². The summed E-state index contributed by atoms with van der Waals surface area (Å²) >= 11 is 5.98. The van der Waals surface area contributed by atoms with Crippen molar-refractivity contribution < 1.29 is 9.90 Å². The molecule has 0 spiro atoms. The molecule has 0 saturated carbocycles. The molecule has 3 N–H and O–H groups in total. The number of hydrogen-bond acceptors (Lipinski definition) is 4. The number of carbonyl (C=O) groups excluding carboxylic acids is 1. The summed E-state index contributed by atoms with van der Waals surface area (Å²) in [6.07, 6.45) is 1.91. The number of rotatable bonds is 2. The van der Waals surface area contributed by atoms with Gasteiger partial charge < -0.3 is 15.7 Å². The van der Waals surface area contributed by atoms with Crippen LogP contribution in [0.3, 0.4) is 0 Å². The summed E-state index contributed by atoms with van der Waals surface area (Å²) in [6.45, 7) is 0.648. The minimum atomic E-state index is -1.47. The zero-order valence-corrected chi connectivity index (χ0v) is 9.31. The van der Waals surface area contributed by atoms with E-state index in [1.54, 1.807) is 23.2 Å². The Morgan fingerprint density at radius 3 is 3.00 bits per heavy atom. The summed E-state index contributed by atoms with van der Waals surface area (Å²) in [4.78, 5) is 17.0. The summed E-state index contributed by atoms with van der Waals surface area (Å²) in [5, 5.41) is 10.4. The molecule has 1 saturated heterocycles. The molecule has 1 aromatic heterocycles. The van der Waals surface area contributed by atoms with Crippen LogP contribution in [0.15, 0.2) is 18.3 Å². The van der Waals surface area contributed by atoms with Crippen LogP contribution in [0.1, 0.15) is 6.42 Å². The number of aromatic nitrogens is 1. The van der Waals surface area contributed by atoms with Gasteiger partial charge in [0.1, 0.15) is 5.82 Å². The maximum atomic E-state index is 11.1. The van der Waals surface area contributed by atoms with Crippen LogP contribution in [0.25, 0.3) is 0 Å². The highest BCUT2D eigenvalue weighted by molar-refractivity contribution is 6.32. The van der Waals surface area contributed by atoms with Gasteiger partial charge in [0, 0.05) is 19.2 Å². The Balaban J connectivity index is 2.22. The largest absolute Gasteiger partial charge is 0.378 e. The molecule has 1 aromatic rings. The first-order chi connectivity index (χ1) is 7.53. The molecule has 0 aliphatic carbocycles. The van der Waals surface area contributed by atoms with Gasteiger partial charge in [0.05, 0.1) is 11.6 Å². The van der Waals surface area contributed by atoms with E-state index in [0.29, 0.717) is 23.8 Å². The maximum Gasteiger partial charge on any atom is 0.251 e. The van der Waals surface area contributed by atoms with Crippen LogP contribution in [0, 0.1) is 0 Å². The third kappa shape index (κ3) is 1.83. The van der Waals surface area contributed by atoms with Crippen LogP contribution in [0.5, 0.6) is 0 Å². The maximum absolute atomic E-state index is 11.1. The lowest BCUT2D eigenvalue weighted by Crippen LogP contribution is -2.46. The first-order valence-electron chi connectivity index (χ1n) is 4.91. The first kappa shape index (κ1) is 11.2. The summed E-state index contributed by atoms with van der Waals surface area (Å²) in [5.41, 5.74) is 3.67. The predicted molar refractivity (Wildman–Crippen MR) is 60.2 cm³/mol. The molecule has 1 amide bonds. The Hall–Kier alpha value is -1.33. The Labute approximate surface area is 97.8 Å². The van der Waals surface area contributed by atoms with Gasteiger partial charge in [-0.2, -0.15) is 0 Å². The molecule has 0 aromatic carbocycles. The Kier molecular flexibility index (Phi) is 2.73. The smallest absolute Gasteiger partial charge is 0.251 e. The Bertz CT molecular complexity index is 426. The molecule has 1 aliphatic heterocycles. The standard InChI is InChI=1S/C10H12ClN3O2/c11-7-2-1-4-13-8(7)14-5-3-10(16,6-14)9(12)15/h1-2,4,16H,3,5-6H2,(H2,12,15). The molecule has 2 heterocycles. The fourth-order valence-corrected chi connectivity index (χ4v) is 2.03. The highest BCUT2D eigenvalue weighted by atomic mass is 35.5. The summed E-state index contributed by atoms with van der Waals surface area (Å²) in [7, 11) is 0. The quantitative estimate of drug-likeness (QED) is 0.773. The number of carbonyl (C=O) groups is 1. The fourth-order valence-electron chi connectivity index (χ4n) is 1.79. The average Bonchev–Trinajstić information content (AvgIpc) is 2.63. The van der Waals surface area contributed by atoms with E-state index in [0.717, 1.165) is 0 Å². The number of primary amides is 1. The lowest BCUT2D eigenvalue weighted by molar-refractivity contribution is -0.134. The Morgan fingerprint density at radius 1 is 1.69 bits per heavy atom. The molecule has 0 bridgehead atoms. The van der Waals surface area contributed by atoms with Crippen molar-refractivity contribution in [1.29, 1.82) is 0 Å². The molecule has 2 rings (SSSR count). The molecular formula is C10H12ClN3O2. The number of hydrogen-bond donors (Lipinski definition) is 2. The molecule has 1 unspecified atom stereocenters. The minimum Gasteiger partial charge on any atom is -0.378 e. The normalized spacial score (nSPS) is 24.8. The highest BCUT2D eigenvalue weighted by Gasteiger charge is 2.42. The molecule has 16 heavy (non-hydrogen) atoms. The number of anilines is 1. The van der Waals surface area contributed by atoms with Crippen LogP contribution in [-0.2, 0) is 4.79 Å². The highest BCUT2D eigenvalue weighted by Crippen LogP contribution is 2.29. The van der Waals surface area contributed by atoms with Crippen molar-refractivity contribution in [3.05, 3.63) is 23.4 Å². The summed E-state index contributed by atoms with van der Waals surface area (Å²) < 4.78 is 0. The number of nitrogens with two attached hydrogens (primary N) is 1. The van der Waals surface area contributed by atoms with Crippen LogP contribution in [-0.4, -0.2) is 34.7 Å². The van der Waals surface area contributed by atoms with E-state index in [9.17, 15) is 9.90 Å². The second-order valence-corrected chi connectivity index (χ2v) is 4.28. The van der Waals surface area contributed by atoms with Crippen molar-refractivity contribution in [2.45, 2.75) is 12.0 Å². The van der Waals surface area contributed by atoms with Gasteiger partial charge in [-0.25, -0.2) is 4.98 Å². The van der Waals surface area contributed by atoms with Crippen LogP contribution >= 0.6 is 11.6 Å². The van der Waals surface area contributed by atoms with Crippen molar-refractivity contribution in [2.24, 2.45) is 5.73 Å². The van der Waals surface area contributed by atoms with Crippen molar-refractivity contribution in [3.8, 4) is 0 Å². The van der Waals surface area contributed by atoms with Gasteiger partial charge in [-0.3, -0.25) is 4.79 Å². The second kappa shape index (κ2) is 3.92. The number of pyridine rings is 1. The lowest BCUT2D eigenvalue weighted by atomic mass is 10.0. The van der Waals surface area contributed by atoms with E-state index in [4.69, 9.17) is 17.3 Å². The molecule has 86 valence electrons.